The van der Waals surface area contributed by atoms with E-state index < -0.39 is 0 Å². The van der Waals surface area contributed by atoms with Crippen molar-refractivity contribution < 1.29 is 0 Å². The molecular formula is C16H25BrN2. The molecule has 1 aliphatic heterocycles. The molecule has 1 heterocycles. The van der Waals surface area contributed by atoms with Gasteiger partial charge in [-0.25, -0.2) is 0 Å². The third kappa shape index (κ3) is 3.80. The molecule has 106 valence electrons. The first kappa shape index (κ1) is 15.0. The Morgan fingerprint density at radius 3 is 2.84 bits per heavy atom. The summed E-state index contributed by atoms with van der Waals surface area (Å²) < 4.78 is 1.23. The lowest BCUT2D eigenvalue weighted by molar-refractivity contribution is 0.0883. The van der Waals surface area contributed by atoms with Gasteiger partial charge in [0.25, 0.3) is 0 Å². The molecule has 3 unspecified atom stereocenters. The predicted octanol–water partition coefficient (Wildman–Crippen LogP) is 3.66. The zero-order chi connectivity index (χ0) is 13.8. The summed E-state index contributed by atoms with van der Waals surface area (Å²) in [6.45, 7) is 10.2. The van der Waals surface area contributed by atoms with E-state index in [1.807, 2.05) is 0 Å². The quantitative estimate of drug-likeness (QED) is 0.909. The smallest absolute Gasteiger partial charge is 0.0250 e. The average molecular weight is 325 g/mol. The van der Waals surface area contributed by atoms with Crippen LogP contribution in [0.3, 0.4) is 0 Å². The van der Waals surface area contributed by atoms with Gasteiger partial charge in [0, 0.05) is 36.2 Å². The number of hydrogen-bond donors (Lipinski definition) is 1. The van der Waals surface area contributed by atoms with Gasteiger partial charge in [0.15, 0.2) is 0 Å². The van der Waals surface area contributed by atoms with Crippen LogP contribution >= 0.6 is 15.9 Å². The Hall–Kier alpha value is -0.380. The summed E-state index contributed by atoms with van der Waals surface area (Å²) in [4.78, 5) is 2.65. The van der Waals surface area contributed by atoms with E-state index in [1.54, 1.807) is 0 Å². The second-order valence-electron chi connectivity index (χ2n) is 5.78. The van der Waals surface area contributed by atoms with Crippen LogP contribution in [0.5, 0.6) is 0 Å². The Bertz CT molecular complexity index is 407. The zero-order valence-corrected chi connectivity index (χ0v) is 13.8. The van der Waals surface area contributed by atoms with Gasteiger partial charge in [0.1, 0.15) is 0 Å². The van der Waals surface area contributed by atoms with E-state index in [9.17, 15) is 0 Å². The van der Waals surface area contributed by atoms with Gasteiger partial charge >= 0.3 is 0 Å². The number of nitrogens with zero attached hydrogens (tertiary/aromatic N) is 1. The molecule has 1 aromatic rings. The van der Waals surface area contributed by atoms with Crippen molar-refractivity contribution in [1.82, 2.24) is 10.2 Å². The molecule has 0 amide bonds. The van der Waals surface area contributed by atoms with Crippen LogP contribution in [0.4, 0.5) is 0 Å². The van der Waals surface area contributed by atoms with Gasteiger partial charge in [-0.05, 0) is 24.5 Å². The molecule has 0 aliphatic carbocycles. The summed E-state index contributed by atoms with van der Waals surface area (Å²) in [7, 11) is 0. The van der Waals surface area contributed by atoms with Gasteiger partial charge in [0.2, 0.25) is 0 Å². The molecule has 3 atom stereocenters. The van der Waals surface area contributed by atoms with Crippen LogP contribution in [-0.4, -0.2) is 30.1 Å². The van der Waals surface area contributed by atoms with Crippen LogP contribution in [-0.2, 0) is 6.54 Å². The molecule has 0 aromatic heterocycles. The van der Waals surface area contributed by atoms with Crippen LogP contribution < -0.4 is 5.32 Å². The fourth-order valence-corrected chi connectivity index (χ4v) is 3.27. The maximum absolute atomic E-state index is 3.67. The summed E-state index contributed by atoms with van der Waals surface area (Å²) in [5.41, 5.74) is 1.39. The molecule has 3 heteroatoms. The van der Waals surface area contributed by atoms with Crippen molar-refractivity contribution in [3.8, 4) is 0 Å². The first-order valence-corrected chi connectivity index (χ1v) is 8.12. The SMILES string of the molecule is CCC(C)C1CNC(C)CN1Cc1ccccc1Br. The van der Waals surface area contributed by atoms with Crippen molar-refractivity contribution in [1.29, 1.82) is 0 Å². The van der Waals surface area contributed by atoms with E-state index in [4.69, 9.17) is 0 Å². The van der Waals surface area contributed by atoms with Gasteiger partial charge in [-0.3, -0.25) is 4.90 Å². The lowest BCUT2D eigenvalue weighted by atomic mass is 9.94. The highest BCUT2D eigenvalue weighted by Crippen LogP contribution is 2.23. The highest BCUT2D eigenvalue weighted by atomic mass is 79.9. The van der Waals surface area contributed by atoms with Gasteiger partial charge in [-0.15, -0.1) is 0 Å². The normalized spacial score (nSPS) is 26.3. The van der Waals surface area contributed by atoms with Crippen LogP contribution in [0, 0.1) is 5.92 Å². The van der Waals surface area contributed by atoms with Crippen molar-refractivity contribution in [2.24, 2.45) is 5.92 Å². The summed E-state index contributed by atoms with van der Waals surface area (Å²) in [6.07, 6.45) is 1.24. The second-order valence-corrected chi connectivity index (χ2v) is 6.64. The number of hydrogen-bond acceptors (Lipinski definition) is 2. The molecule has 19 heavy (non-hydrogen) atoms. The van der Waals surface area contributed by atoms with E-state index in [-0.39, 0.29) is 0 Å². The summed E-state index contributed by atoms with van der Waals surface area (Å²) in [6, 6.07) is 9.81. The molecule has 2 nitrogen and oxygen atoms in total. The van der Waals surface area contributed by atoms with Crippen molar-refractivity contribution in [2.75, 3.05) is 13.1 Å². The van der Waals surface area contributed by atoms with E-state index in [1.165, 1.54) is 16.5 Å². The fourth-order valence-electron chi connectivity index (χ4n) is 2.86. The summed E-state index contributed by atoms with van der Waals surface area (Å²) in [5, 5.41) is 3.62. The molecule has 1 fully saturated rings. The highest BCUT2D eigenvalue weighted by Gasteiger charge is 2.29. The standard InChI is InChI=1S/C16H25BrN2/c1-4-12(2)16-9-18-13(3)10-19(16)11-14-7-5-6-8-15(14)17/h5-8,12-13,16,18H,4,9-11H2,1-3H3. The minimum atomic E-state index is 0.586. The Balaban J connectivity index is 2.12. The predicted molar refractivity (Wildman–Crippen MR) is 85.3 cm³/mol. The van der Waals surface area contributed by atoms with Gasteiger partial charge in [-0.2, -0.15) is 0 Å². The third-order valence-electron chi connectivity index (χ3n) is 4.28. The molecule has 0 radical (unpaired) electrons. The summed E-state index contributed by atoms with van der Waals surface area (Å²) in [5.74, 6) is 0.738. The second kappa shape index (κ2) is 6.87. The highest BCUT2D eigenvalue weighted by molar-refractivity contribution is 9.10. The van der Waals surface area contributed by atoms with Crippen molar-refractivity contribution in [2.45, 2.75) is 45.8 Å². The molecule has 1 aromatic carbocycles. The van der Waals surface area contributed by atoms with Crippen molar-refractivity contribution >= 4 is 15.9 Å². The molecule has 0 spiro atoms. The molecule has 1 N–H and O–H groups in total. The average Bonchev–Trinajstić information content (AvgIpc) is 2.41. The minimum Gasteiger partial charge on any atom is -0.311 e. The third-order valence-corrected chi connectivity index (χ3v) is 5.06. The number of benzene rings is 1. The Labute approximate surface area is 125 Å². The topological polar surface area (TPSA) is 15.3 Å². The van der Waals surface area contributed by atoms with E-state index in [0.717, 1.165) is 25.6 Å². The fraction of sp³-hybridized carbons (Fsp3) is 0.625. The van der Waals surface area contributed by atoms with Crippen molar-refractivity contribution in [3.05, 3.63) is 34.3 Å². The molecule has 0 saturated carbocycles. The molecule has 1 saturated heterocycles. The van der Waals surface area contributed by atoms with Crippen LogP contribution in [0.1, 0.15) is 32.8 Å². The zero-order valence-electron chi connectivity index (χ0n) is 12.2. The van der Waals surface area contributed by atoms with Gasteiger partial charge < -0.3 is 5.32 Å². The van der Waals surface area contributed by atoms with Crippen LogP contribution in [0.15, 0.2) is 28.7 Å². The van der Waals surface area contributed by atoms with Crippen LogP contribution in [0.25, 0.3) is 0 Å². The maximum Gasteiger partial charge on any atom is 0.0250 e. The molecule has 0 bridgehead atoms. The number of nitrogens with one attached hydrogen (secondary N) is 1. The number of piperazine rings is 1. The van der Waals surface area contributed by atoms with E-state index >= 15 is 0 Å². The Morgan fingerprint density at radius 1 is 1.42 bits per heavy atom. The van der Waals surface area contributed by atoms with Gasteiger partial charge in [0.05, 0.1) is 0 Å². The Kier molecular flexibility index (Phi) is 5.43. The van der Waals surface area contributed by atoms with E-state index in [2.05, 4.69) is 71.2 Å². The largest absolute Gasteiger partial charge is 0.311 e. The van der Waals surface area contributed by atoms with Crippen LogP contribution in [0.2, 0.25) is 0 Å². The number of halogens is 1. The lowest BCUT2D eigenvalue weighted by Crippen LogP contribution is -2.57. The lowest BCUT2D eigenvalue weighted by Gasteiger charge is -2.42. The Morgan fingerprint density at radius 2 is 2.16 bits per heavy atom. The number of rotatable bonds is 4. The summed E-state index contributed by atoms with van der Waals surface area (Å²) >= 11 is 3.67. The minimum absolute atomic E-state index is 0.586. The maximum atomic E-state index is 3.67. The van der Waals surface area contributed by atoms with Gasteiger partial charge in [-0.1, -0.05) is 54.4 Å². The molecule has 1 aliphatic rings. The first-order chi connectivity index (χ1) is 9.11. The monoisotopic (exact) mass is 324 g/mol. The molecular weight excluding hydrogens is 300 g/mol. The molecule has 2 rings (SSSR count). The van der Waals surface area contributed by atoms with Crippen molar-refractivity contribution in [3.63, 3.8) is 0 Å². The van der Waals surface area contributed by atoms with E-state index in [0.29, 0.717) is 12.1 Å². The first-order valence-electron chi connectivity index (χ1n) is 7.32.